The summed E-state index contributed by atoms with van der Waals surface area (Å²) in [6, 6.07) is 28.9. The van der Waals surface area contributed by atoms with Gasteiger partial charge in [-0.05, 0) is 96.1 Å². The zero-order valence-corrected chi connectivity index (χ0v) is 33.8. The number of esters is 3. The minimum atomic E-state index is -0.793. The molecule has 300 valence electrons. The predicted octanol–water partition coefficient (Wildman–Crippen LogP) is 9.06. The number of nitrogens with zero attached hydrogens (tertiary/aromatic N) is 2. The van der Waals surface area contributed by atoms with Crippen LogP contribution in [0.15, 0.2) is 109 Å². The molecule has 1 aromatic heterocycles. The summed E-state index contributed by atoms with van der Waals surface area (Å²) in [5, 5.41) is 0.686. The van der Waals surface area contributed by atoms with Gasteiger partial charge < -0.3 is 23.7 Å². The van der Waals surface area contributed by atoms with Gasteiger partial charge in [0, 0.05) is 31.3 Å². The van der Waals surface area contributed by atoms with Gasteiger partial charge >= 0.3 is 17.9 Å². The molecule has 0 radical (unpaired) electrons. The van der Waals surface area contributed by atoms with Crippen molar-refractivity contribution in [2.75, 3.05) is 33.9 Å². The molecule has 3 atom stereocenters. The van der Waals surface area contributed by atoms with Crippen LogP contribution >= 0.6 is 23.2 Å². The van der Waals surface area contributed by atoms with Gasteiger partial charge in [-0.15, -0.1) is 0 Å². The number of pyridine rings is 1. The minimum Gasteiger partial charge on any atom is -0.493 e. The van der Waals surface area contributed by atoms with E-state index in [1.165, 1.54) is 26.6 Å². The Labute approximate surface area is 347 Å². The summed E-state index contributed by atoms with van der Waals surface area (Å²) in [5.41, 5.74) is 4.31. The largest absolute Gasteiger partial charge is 0.493 e. The van der Waals surface area contributed by atoms with Crippen molar-refractivity contribution in [3.63, 3.8) is 0 Å². The van der Waals surface area contributed by atoms with Crippen LogP contribution in [0.3, 0.4) is 0 Å². The molecule has 3 saturated heterocycles. The molecule has 0 spiro atoms. The van der Waals surface area contributed by atoms with Gasteiger partial charge in [0.2, 0.25) is 0 Å². The minimum absolute atomic E-state index is 0.0281. The Morgan fingerprint density at radius 2 is 1.47 bits per heavy atom. The van der Waals surface area contributed by atoms with Crippen LogP contribution in [-0.4, -0.2) is 67.7 Å². The second-order valence-electron chi connectivity index (χ2n) is 14.5. The molecular formula is C46H44Cl2N2O8. The van der Waals surface area contributed by atoms with Crippen molar-refractivity contribution in [2.24, 2.45) is 5.92 Å². The van der Waals surface area contributed by atoms with Crippen molar-refractivity contribution in [1.82, 2.24) is 9.88 Å². The Bertz CT molecular complexity index is 2210. The maximum absolute atomic E-state index is 13.5. The van der Waals surface area contributed by atoms with Crippen molar-refractivity contribution in [1.29, 1.82) is 0 Å². The number of fused-ring (bicyclic) bond motifs is 3. The zero-order chi connectivity index (χ0) is 40.6. The summed E-state index contributed by atoms with van der Waals surface area (Å²) >= 11 is 12.9. The second-order valence-corrected chi connectivity index (χ2v) is 15.3. The lowest BCUT2D eigenvalue weighted by atomic mass is 9.85. The van der Waals surface area contributed by atoms with Crippen molar-refractivity contribution in [3.05, 3.63) is 158 Å². The van der Waals surface area contributed by atoms with Crippen LogP contribution in [0, 0.1) is 5.92 Å². The highest BCUT2D eigenvalue weighted by atomic mass is 35.5. The normalized spacial score (nSPS) is 18.1. The molecule has 5 aromatic rings. The van der Waals surface area contributed by atoms with Gasteiger partial charge in [0.05, 0.1) is 41.8 Å². The molecule has 3 aliphatic rings. The SMILES string of the molecule is COc1ccc([C@H](Cc2c(Cl)cncc2Cl)OC(=O)c2ccc(COC(=O)c3cccc([C@@H](CC(=O)O[C@H]4CN5CCC4CC5)c4ccccc4)c3)cc2)cc1OC. The second kappa shape index (κ2) is 18.9. The van der Waals surface area contributed by atoms with Crippen molar-refractivity contribution < 1.29 is 38.1 Å². The number of aromatic nitrogens is 1. The smallest absolute Gasteiger partial charge is 0.338 e. The fourth-order valence-corrected chi connectivity index (χ4v) is 8.21. The van der Waals surface area contributed by atoms with Gasteiger partial charge in [-0.3, -0.25) is 14.7 Å². The molecule has 0 saturated carbocycles. The third-order valence-electron chi connectivity index (χ3n) is 10.9. The molecule has 0 unspecified atom stereocenters. The molecule has 0 aliphatic carbocycles. The Morgan fingerprint density at radius 1 is 0.759 bits per heavy atom. The first-order chi connectivity index (χ1) is 28.2. The van der Waals surface area contributed by atoms with Crippen molar-refractivity contribution in [3.8, 4) is 11.5 Å². The number of carbonyl (C=O) groups is 3. The van der Waals surface area contributed by atoms with Gasteiger partial charge in [-0.2, -0.15) is 0 Å². The first-order valence-electron chi connectivity index (χ1n) is 19.2. The molecule has 3 aliphatic heterocycles. The average Bonchev–Trinajstić information content (AvgIpc) is 3.26. The summed E-state index contributed by atoms with van der Waals surface area (Å²) < 4.78 is 28.7. The topological polar surface area (TPSA) is 113 Å². The van der Waals surface area contributed by atoms with Crippen molar-refractivity contribution >= 4 is 41.1 Å². The number of carbonyl (C=O) groups excluding carboxylic acids is 3. The average molecular weight is 824 g/mol. The molecule has 8 rings (SSSR count). The first-order valence-corrected chi connectivity index (χ1v) is 20.0. The Morgan fingerprint density at radius 3 is 2.14 bits per heavy atom. The predicted molar refractivity (Wildman–Crippen MR) is 220 cm³/mol. The van der Waals surface area contributed by atoms with Crippen LogP contribution in [0.5, 0.6) is 11.5 Å². The van der Waals surface area contributed by atoms with E-state index in [4.69, 9.17) is 46.9 Å². The molecule has 2 bridgehead atoms. The summed E-state index contributed by atoms with van der Waals surface area (Å²) in [4.78, 5) is 46.7. The molecule has 12 heteroatoms. The molecule has 58 heavy (non-hydrogen) atoms. The van der Waals surface area contributed by atoms with Crippen molar-refractivity contribution in [2.45, 2.75) is 50.4 Å². The highest BCUT2D eigenvalue weighted by molar-refractivity contribution is 6.35. The fourth-order valence-electron chi connectivity index (χ4n) is 7.69. The van der Waals surface area contributed by atoms with E-state index in [1.807, 2.05) is 36.4 Å². The highest BCUT2D eigenvalue weighted by Gasteiger charge is 2.37. The standard InChI is InChI=1S/C46H44Cl2N2O8/c1-54-40-16-15-34(22-42(40)55-2)41(23-37-38(47)25-49-26-39(37)48)58-46(53)32-13-11-29(12-14-32)28-56-45(52)35-10-6-9-33(21-35)36(30-7-4-3-5-8-30)24-44(51)57-43-27-50-19-17-31(43)18-20-50/h3-16,21-22,25-26,31,36,41,43H,17-20,23-24,27-28H2,1-2H3/t36-,41-,43-/m0/s1. The summed E-state index contributed by atoms with van der Waals surface area (Å²) in [5.74, 6) is -0.243. The van der Waals surface area contributed by atoms with E-state index >= 15 is 0 Å². The van der Waals surface area contributed by atoms with Gasteiger partial charge in [0.1, 0.15) is 18.8 Å². The number of ether oxygens (including phenoxy) is 5. The van der Waals surface area contributed by atoms with E-state index in [-0.39, 0.29) is 37.4 Å². The monoisotopic (exact) mass is 822 g/mol. The summed E-state index contributed by atoms with van der Waals surface area (Å²) in [7, 11) is 3.06. The molecule has 3 fully saturated rings. The van der Waals surface area contributed by atoms with E-state index < -0.39 is 18.0 Å². The number of halogens is 2. The fraction of sp³-hybridized carbons (Fsp3) is 0.304. The Balaban J connectivity index is 1.00. The summed E-state index contributed by atoms with van der Waals surface area (Å²) in [6.45, 7) is 2.90. The van der Waals surface area contributed by atoms with E-state index in [0.29, 0.717) is 55.3 Å². The first kappa shape index (κ1) is 40.8. The van der Waals surface area contributed by atoms with Crippen LogP contribution in [0.1, 0.15) is 79.8 Å². The summed E-state index contributed by atoms with van der Waals surface area (Å²) in [6.07, 6.45) is 4.54. The Hall–Kier alpha value is -5.42. The van der Waals surface area contributed by atoms with Crippen LogP contribution in [0.2, 0.25) is 10.0 Å². The number of hydrogen-bond donors (Lipinski definition) is 0. The lowest BCUT2D eigenvalue weighted by Crippen LogP contribution is -2.52. The lowest BCUT2D eigenvalue weighted by Gasteiger charge is -2.44. The number of hydrogen-bond acceptors (Lipinski definition) is 10. The molecule has 0 amide bonds. The van der Waals surface area contributed by atoms with Gasteiger partial charge in [-0.1, -0.05) is 83.9 Å². The number of piperidine rings is 3. The zero-order valence-electron chi connectivity index (χ0n) is 32.3. The van der Waals surface area contributed by atoms with Gasteiger partial charge in [0.25, 0.3) is 0 Å². The van der Waals surface area contributed by atoms with E-state index in [0.717, 1.165) is 43.6 Å². The van der Waals surface area contributed by atoms with Gasteiger partial charge in [0.15, 0.2) is 11.5 Å². The van der Waals surface area contributed by atoms with E-state index in [1.54, 1.807) is 60.7 Å². The number of benzene rings is 4. The number of methoxy groups -OCH3 is 2. The maximum Gasteiger partial charge on any atom is 0.338 e. The quantitative estimate of drug-likeness (QED) is 0.0749. The maximum atomic E-state index is 13.5. The molecule has 10 nitrogen and oxygen atoms in total. The molecule has 4 aromatic carbocycles. The third-order valence-corrected chi connectivity index (χ3v) is 11.6. The van der Waals surface area contributed by atoms with Crippen LogP contribution in [-0.2, 0) is 32.0 Å². The molecule has 4 heterocycles. The third kappa shape index (κ3) is 9.81. The number of rotatable bonds is 15. The van der Waals surface area contributed by atoms with E-state index in [2.05, 4.69) is 9.88 Å². The van der Waals surface area contributed by atoms with Gasteiger partial charge in [-0.25, -0.2) is 9.59 Å². The highest BCUT2D eigenvalue weighted by Crippen LogP contribution is 2.36. The molecule has 0 N–H and O–H groups in total. The van der Waals surface area contributed by atoms with Crippen LogP contribution in [0.4, 0.5) is 0 Å². The van der Waals surface area contributed by atoms with Crippen LogP contribution < -0.4 is 9.47 Å². The lowest BCUT2D eigenvalue weighted by molar-refractivity contribution is -0.159. The molecular weight excluding hydrogens is 779 g/mol. The van der Waals surface area contributed by atoms with Crippen LogP contribution in [0.25, 0.3) is 0 Å². The Kier molecular flexibility index (Phi) is 13.3. The van der Waals surface area contributed by atoms with E-state index in [9.17, 15) is 14.4 Å².